The van der Waals surface area contributed by atoms with Crippen molar-refractivity contribution < 1.29 is 9.53 Å². The zero-order valence-electron chi connectivity index (χ0n) is 15.0. The lowest BCUT2D eigenvalue weighted by atomic mass is 10.0. The van der Waals surface area contributed by atoms with Crippen LogP contribution in [0.1, 0.15) is 32.3 Å². The van der Waals surface area contributed by atoms with Gasteiger partial charge in [0.25, 0.3) is 0 Å². The highest BCUT2D eigenvalue weighted by Crippen LogP contribution is 2.29. The van der Waals surface area contributed by atoms with Crippen molar-refractivity contribution >= 4 is 17.7 Å². The number of rotatable bonds is 5. The molecule has 0 bridgehead atoms. The molecule has 0 N–H and O–H groups in total. The summed E-state index contributed by atoms with van der Waals surface area (Å²) in [4.78, 5) is 19.0. The van der Waals surface area contributed by atoms with E-state index >= 15 is 0 Å². The predicted octanol–water partition coefficient (Wildman–Crippen LogP) is 3.34. The van der Waals surface area contributed by atoms with Crippen LogP contribution in [0.4, 0.5) is 0 Å². The van der Waals surface area contributed by atoms with Crippen LogP contribution in [0, 0.1) is 0 Å². The van der Waals surface area contributed by atoms with E-state index in [0.717, 1.165) is 10.8 Å². The second-order valence-corrected chi connectivity index (χ2v) is 7.80. The monoisotopic (exact) mass is 359 g/mol. The summed E-state index contributed by atoms with van der Waals surface area (Å²) in [7, 11) is 0. The van der Waals surface area contributed by atoms with Gasteiger partial charge in [0.15, 0.2) is 5.16 Å². The second kappa shape index (κ2) is 8.06. The van der Waals surface area contributed by atoms with E-state index in [1.54, 1.807) is 6.20 Å². The maximum absolute atomic E-state index is 12.7. The average Bonchev–Trinajstić information content (AvgIpc) is 3.09. The van der Waals surface area contributed by atoms with Gasteiger partial charge in [0.05, 0.1) is 24.2 Å². The maximum atomic E-state index is 12.7. The first-order valence-electron chi connectivity index (χ1n) is 8.73. The molecule has 25 heavy (non-hydrogen) atoms. The molecular weight excluding hydrogens is 334 g/mol. The lowest BCUT2D eigenvalue weighted by Crippen LogP contribution is -2.44. The Bertz CT molecular complexity index is 723. The Kier molecular flexibility index (Phi) is 5.81. The highest BCUT2D eigenvalue weighted by Gasteiger charge is 2.25. The number of nitrogens with zero attached hydrogens (tertiary/aromatic N) is 3. The van der Waals surface area contributed by atoms with Crippen LogP contribution in [0.25, 0.3) is 5.69 Å². The molecule has 0 radical (unpaired) electrons. The molecule has 2 heterocycles. The molecule has 0 unspecified atom stereocenters. The Morgan fingerprint density at radius 2 is 1.92 bits per heavy atom. The number of para-hydroxylation sites is 1. The fourth-order valence-corrected chi connectivity index (χ4v) is 3.97. The average molecular weight is 359 g/mol. The fourth-order valence-electron chi connectivity index (χ4n) is 3.00. The quantitative estimate of drug-likeness (QED) is 0.768. The predicted molar refractivity (Wildman–Crippen MR) is 100 cm³/mol. The van der Waals surface area contributed by atoms with Crippen LogP contribution in [-0.4, -0.2) is 51.9 Å². The lowest BCUT2D eigenvalue weighted by Gasteiger charge is -2.29. The highest BCUT2D eigenvalue weighted by atomic mass is 32.2. The molecule has 134 valence electrons. The third-order valence-electron chi connectivity index (χ3n) is 4.38. The van der Waals surface area contributed by atoms with Gasteiger partial charge in [-0.2, -0.15) is 0 Å². The smallest absolute Gasteiger partial charge is 0.236 e. The van der Waals surface area contributed by atoms with Crippen LogP contribution in [-0.2, 0) is 9.53 Å². The standard InChI is InChI=1S/C19H25N3O2S/c1-14(2)16-6-4-5-7-17(16)22-9-8-20-19(22)25-15(3)18(23)21-10-12-24-13-11-21/h4-9,14-15H,10-13H2,1-3H3/t15-/m1/s1. The van der Waals surface area contributed by atoms with Gasteiger partial charge in [-0.15, -0.1) is 0 Å². The van der Waals surface area contributed by atoms with E-state index < -0.39 is 0 Å². The number of morpholine rings is 1. The molecule has 1 aromatic carbocycles. The number of carbonyl (C=O) groups is 1. The third-order valence-corrected chi connectivity index (χ3v) is 5.45. The number of ether oxygens (including phenoxy) is 1. The summed E-state index contributed by atoms with van der Waals surface area (Å²) in [5, 5.41) is 0.674. The Morgan fingerprint density at radius 1 is 1.20 bits per heavy atom. The normalized spacial score (nSPS) is 16.2. The second-order valence-electron chi connectivity index (χ2n) is 6.49. The number of carbonyl (C=O) groups excluding carboxylic acids is 1. The molecule has 5 nitrogen and oxygen atoms in total. The lowest BCUT2D eigenvalue weighted by molar-refractivity contribution is -0.134. The Balaban J connectivity index is 1.79. The largest absolute Gasteiger partial charge is 0.378 e. The van der Waals surface area contributed by atoms with Crippen LogP contribution < -0.4 is 0 Å². The minimum Gasteiger partial charge on any atom is -0.378 e. The molecule has 0 aliphatic carbocycles. The van der Waals surface area contributed by atoms with E-state index in [1.807, 2.05) is 24.1 Å². The molecule has 6 heteroatoms. The van der Waals surface area contributed by atoms with E-state index in [0.29, 0.717) is 32.2 Å². The van der Waals surface area contributed by atoms with Crippen molar-refractivity contribution in [3.8, 4) is 5.69 Å². The summed E-state index contributed by atoms with van der Waals surface area (Å²) in [6.07, 6.45) is 3.76. The number of thioether (sulfide) groups is 1. The van der Waals surface area contributed by atoms with E-state index in [1.165, 1.54) is 17.3 Å². The fraction of sp³-hybridized carbons (Fsp3) is 0.474. The van der Waals surface area contributed by atoms with E-state index in [-0.39, 0.29) is 11.2 Å². The van der Waals surface area contributed by atoms with Gasteiger partial charge in [-0.25, -0.2) is 4.98 Å². The Hall–Kier alpha value is -1.79. The van der Waals surface area contributed by atoms with Crippen molar-refractivity contribution in [1.29, 1.82) is 0 Å². The summed E-state index contributed by atoms with van der Waals surface area (Å²) in [6, 6.07) is 8.36. The molecular formula is C19H25N3O2S. The first-order chi connectivity index (χ1) is 12.1. The van der Waals surface area contributed by atoms with Crippen molar-refractivity contribution in [2.45, 2.75) is 37.1 Å². The summed E-state index contributed by atoms with van der Waals surface area (Å²) in [6.45, 7) is 8.93. The summed E-state index contributed by atoms with van der Waals surface area (Å²) in [5.41, 5.74) is 2.40. The molecule has 1 saturated heterocycles. The van der Waals surface area contributed by atoms with Gasteiger partial charge in [-0.1, -0.05) is 43.8 Å². The molecule has 1 fully saturated rings. The maximum Gasteiger partial charge on any atom is 0.236 e. The first kappa shape index (κ1) is 18.0. The minimum absolute atomic E-state index is 0.153. The van der Waals surface area contributed by atoms with Gasteiger partial charge < -0.3 is 9.64 Å². The van der Waals surface area contributed by atoms with E-state index in [4.69, 9.17) is 4.74 Å². The van der Waals surface area contributed by atoms with Gasteiger partial charge in [-0.3, -0.25) is 9.36 Å². The Labute approximate surface area is 153 Å². The number of amides is 1. The number of benzene rings is 1. The molecule has 1 aliphatic rings. The number of aromatic nitrogens is 2. The van der Waals surface area contributed by atoms with Gasteiger partial charge in [0.1, 0.15) is 0 Å². The minimum atomic E-state index is -0.175. The first-order valence-corrected chi connectivity index (χ1v) is 9.61. The van der Waals surface area contributed by atoms with Gasteiger partial charge in [0, 0.05) is 25.5 Å². The van der Waals surface area contributed by atoms with E-state index in [9.17, 15) is 4.79 Å². The molecule has 2 aromatic rings. The zero-order valence-corrected chi connectivity index (χ0v) is 15.8. The molecule has 3 rings (SSSR count). The molecule has 1 amide bonds. The van der Waals surface area contributed by atoms with Crippen LogP contribution in [0.2, 0.25) is 0 Å². The van der Waals surface area contributed by atoms with Crippen LogP contribution in [0.5, 0.6) is 0 Å². The highest BCUT2D eigenvalue weighted by molar-refractivity contribution is 8.00. The number of hydrogen-bond acceptors (Lipinski definition) is 4. The van der Waals surface area contributed by atoms with Crippen LogP contribution in [0.3, 0.4) is 0 Å². The summed E-state index contributed by atoms with van der Waals surface area (Å²) in [5.74, 6) is 0.573. The van der Waals surface area contributed by atoms with Crippen molar-refractivity contribution in [3.63, 3.8) is 0 Å². The van der Waals surface area contributed by atoms with Gasteiger partial charge in [-0.05, 0) is 24.5 Å². The van der Waals surface area contributed by atoms with Crippen molar-refractivity contribution in [3.05, 3.63) is 42.2 Å². The van der Waals surface area contributed by atoms with Crippen molar-refractivity contribution in [2.75, 3.05) is 26.3 Å². The van der Waals surface area contributed by atoms with Gasteiger partial charge >= 0.3 is 0 Å². The molecule has 1 atom stereocenters. The van der Waals surface area contributed by atoms with Crippen LogP contribution in [0.15, 0.2) is 41.8 Å². The van der Waals surface area contributed by atoms with E-state index in [2.05, 4.69) is 41.6 Å². The molecule has 1 aliphatic heterocycles. The zero-order chi connectivity index (χ0) is 17.8. The molecule has 0 spiro atoms. The molecule has 0 saturated carbocycles. The summed E-state index contributed by atoms with van der Waals surface area (Å²) >= 11 is 1.51. The van der Waals surface area contributed by atoms with Gasteiger partial charge in [0.2, 0.25) is 5.91 Å². The number of imidazole rings is 1. The van der Waals surface area contributed by atoms with Crippen molar-refractivity contribution in [2.24, 2.45) is 0 Å². The SMILES string of the molecule is CC(C)c1ccccc1-n1ccnc1S[C@H](C)C(=O)N1CCOCC1. The van der Waals surface area contributed by atoms with Crippen LogP contribution >= 0.6 is 11.8 Å². The topological polar surface area (TPSA) is 47.4 Å². The van der Waals surface area contributed by atoms with Crippen molar-refractivity contribution in [1.82, 2.24) is 14.5 Å². The third kappa shape index (κ3) is 4.07. The Morgan fingerprint density at radius 3 is 2.64 bits per heavy atom. The summed E-state index contributed by atoms with van der Waals surface area (Å²) < 4.78 is 7.42. The molecule has 1 aromatic heterocycles. The number of hydrogen-bond donors (Lipinski definition) is 0.